The lowest BCUT2D eigenvalue weighted by Crippen LogP contribution is -2.19. The number of benzene rings is 1. The highest BCUT2D eigenvalue weighted by atomic mass is 35.5. The monoisotopic (exact) mass is 386 g/mol. The highest BCUT2D eigenvalue weighted by Crippen LogP contribution is 2.37. The predicted octanol–water partition coefficient (Wildman–Crippen LogP) is 5.15. The summed E-state index contributed by atoms with van der Waals surface area (Å²) in [5.74, 6) is 0.801. The summed E-state index contributed by atoms with van der Waals surface area (Å²) in [6.45, 7) is 1.77. The largest absolute Gasteiger partial charge is 0.462 e. The minimum absolute atomic E-state index is 0.0367. The summed E-state index contributed by atoms with van der Waals surface area (Å²) in [6.07, 6.45) is -3.04. The third-order valence-corrected chi connectivity index (χ3v) is 4.41. The van der Waals surface area contributed by atoms with Crippen molar-refractivity contribution in [2.45, 2.75) is 13.1 Å². The van der Waals surface area contributed by atoms with Crippen LogP contribution in [0.15, 0.2) is 44.6 Å². The van der Waals surface area contributed by atoms with Gasteiger partial charge in [-0.15, -0.1) is 0 Å². The van der Waals surface area contributed by atoms with Gasteiger partial charge < -0.3 is 9.73 Å². The molecule has 3 rings (SSSR count). The van der Waals surface area contributed by atoms with Crippen LogP contribution in [0.5, 0.6) is 0 Å². The number of aryl methyl sites for hydroxylation is 1. The van der Waals surface area contributed by atoms with Crippen LogP contribution in [0.4, 0.5) is 18.9 Å². The van der Waals surface area contributed by atoms with E-state index in [1.54, 1.807) is 25.1 Å². The van der Waals surface area contributed by atoms with E-state index in [4.69, 9.17) is 16.0 Å². The summed E-state index contributed by atoms with van der Waals surface area (Å²) in [6, 6.07) is 6.76. The fraction of sp³-hybridized carbons (Fsp3) is 0.125. The molecule has 4 nitrogen and oxygen atoms in total. The van der Waals surface area contributed by atoms with Gasteiger partial charge in [0.25, 0.3) is 5.91 Å². The van der Waals surface area contributed by atoms with E-state index in [0.717, 1.165) is 23.9 Å². The first-order valence-electron chi connectivity index (χ1n) is 6.95. The number of halogens is 4. The molecule has 1 saturated heterocycles. The molecule has 130 valence electrons. The molecule has 1 aliphatic heterocycles. The van der Waals surface area contributed by atoms with Gasteiger partial charge in [-0.1, -0.05) is 11.6 Å². The third-order valence-electron chi connectivity index (χ3n) is 3.17. The maximum atomic E-state index is 12.9. The van der Waals surface area contributed by atoms with Gasteiger partial charge in [0.15, 0.2) is 5.17 Å². The van der Waals surface area contributed by atoms with Crippen LogP contribution in [0.25, 0.3) is 6.08 Å². The Hall–Kier alpha value is -2.19. The Morgan fingerprint density at radius 1 is 1.28 bits per heavy atom. The summed E-state index contributed by atoms with van der Waals surface area (Å²) in [5.41, 5.74) is -0.943. The molecule has 0 spiro atoms. The van der Waals surface area contributed by atoms with Crippen LogP contribution in [-0.4, -0.2) is 11.1 Å². The average Bonchev–Trinajstić information content (AvgIpc) is 3.06. The molecule has 1 aromatic heterocycles. The zero-order valence-corrected chi connectivity index (χ0v) is 14.2. The zero-order valence-electron chi connectivity index (χ0n) is 12.6. The molecule has 0 atom stereocenters. The number of nitrogens with one attached hydrogen (secondary N) is 1. The van der Waals surface area contributed by atoms with E-state index in [1.165, 1.54) is 6.07 Å². The Labute approximate surface area is 149 Å². The van der Waals surface area contributed by atoms with E-state index < -0.39 is 22.7 Å². The second-order valence-electron chi connectivity index (χ2n) is 5.09. The van der Waals surface area contributed by atoms with Crippen LogP contribution in [0, 0.1) is 6.92 Å². The predicted molar refractivity (Wildman–Crippen MR) is 90.7 cm³/mol. The maximum Gasteiger partial charge on any atom is 0.417 e. The van der Waals surface area contributed by atoms with Gasteiger partial charge in [-0.2, -0.15) is 13.2 Å². The van der Waals surface area contributed by atoms with Crippen molar-refractivity contribution in [2.75, 3.05) is 0 Å². The van der Waals surface area contributed by atoms with Crippen molar-refractivity contribution < 1.29 is 22.4 Å². The van der Waals surface area contributed by atoms with Gasteiger partial charge in [0, 0.05) is 6.08 Å². The van der Waals surface area contributed by atoms with Gasteiger partial charge in [0.1, 0.15) is 11.5 Å². The number of thioether (sulfide) groups is 1. The molecule has 25 heavy (non-hydrogen) atoms. The number of carbonyl (C=O) groups excluding carboxylic acids is 1. The molecule has 1 amide bonds. The van der Waals surface area contributed by atoms with E-state index in [0.29, 0.717) is 16.4 Å². The molecular formula is C16H10ClF3N2O2S. The molecule has 0 aliphatic carbocycles. The van der Waals surface area contributed by atoms with Crippen LogP contribution in [-0.2, 0) is 11.0 Å². The number of alkyl halides is 3. The number of aliphatic imine (C=N–C) groups is 1. The minimum Gasteiger partial charge on any atom is -0.462 e. The third kappa shape index (κ3) is 4.08. The minimum atomic E-state index is -4.58. The Morgan fingerprint density at radius 3 is 2.68 bits per heavy atom. The number of amides is 1. The van der Waals surface area contributed by atoms with Crippen LogP contribution < -0.4 is 5.32 Å². The number of rotatable bonds is 2. The molecule has 9 heteroatoms. The Morgan fingerprint density at radius 2 is 2.04 bits per heavy atom. The Kier molecular flexibility index (Phi) is 4.66. The lowest BCUT2D eigenvalue weighted by Gasteiger charge is -2.09. The molecule has 1 aliphatic rings. The highest BCUT2D eigenvalue weighted by Gasteiger charge is 2.33. The SMILES string of the molecule is Cc1ccc(C=C2SC(=Nc3ccc(Cl)c(C(F)(F)F)c3)NC2=O)o1. The number of hydrogen-bond acceptors (Lipinski definition) is 4. The van der Waals surface area contributed by atoms with Crippen LogP contribution in [0.2, 0.25) is 5.02 Å². The van der Waals surface area contributed by atoms with Crippen LogP contribution in [0.3, 0.4) is 0 Å². The maximum absolute atomic E-state index is 12.9. The number of furan rings is 1. The number of carbonyl (C=O) groups is 1. The number of amidine groups is 1. The summed E-state index contributed by atoms with van der Waals surface area (Å²) >= 11 is 6.58. The van der Waals surface area contributed by atoms with Crippen molar-refractivity contribution in [3.05, 3.63) is 57.3 Å². The zero-order chi connectivity index (χ0) is 18.2. The summed E-state index contributed by atoms with van der Waals surface area (Å²) in [4.78, 5) is 16.3. The molecule has 0 bridgehead atoms. The topological polar surface area (TPSA) is 54.6 Å². The van der Waals surface area contributed by atoms with Gasteiger partial charge in [0.05, 0.1) is 21.2 Å². The molecule has 2 aromatic rings. The summed E-state index contributed by atoms with van der Waals surface area (Å²) < 4.78 is 44.0. The molecule has 0 saturated carbocycles. The Balaban J connectivity index is 1.86. The smallest absolute Gasteiger partial charge is 0.417 e. The molecular weight excluding hydrogens is 377 g/mol. The lowest BCUT2D eigenvalue weighted by atomic mass is 10.2. The molecule has 1 N–H and O–H groups in total. The molecule has 1 aromatic carbocycles. The van der Waals surface area contributed by atoms with E-state index in [-0.39, 0.29) is 10.9 Å². The molecule has 0 unspecified atom stereocenters. The molecule has 0 radical (unpaired) electrons. The van der Waals surface area contributed by atoms with E-state index in [2.05, 4.69) is 10.3 Å². The second kappa shape index (κ2) is 6.61. The standard InChI is InChI=1S/C16H10ClF3N2O2S/c1-8-2-4-10(24-8)7-13-14(23)22-15(25-13)21-9-3-5-12(17)11(6-9)16(18,19)20/h2-7H,1H3,(H,21,22,23). The van der Waals surface area contributed by atoms with Crippen molar-refractivity contribution in [3.63, 3.8) is 0 Å². The van der Waals surface area contributed by atoms with Crippen LogP contribution in [0.1, 0.15) is 17.1 Å². The van der Waals surface area contributed by atoms with Crippen molar-refractivity contribution >= 4 is 46.2 Å². The second-order valence-corrected chi connectivity index (χ2v) is 6.53. The van der Waals surface area contributed by atoms with Gasteiger partial charge in [-0.05, 0) is 49.0 Å². The summed E-state index contributed by atoms with van der Waals surface area (Å²) in [7, 11) is 0. The van der Waals surface area contributed by atoms with Gasteiger partial charge >= 0.3 is 6.18 Å². The van der Waals surface area contributed by atoms with Crippen LogP contribution >= 0.6 is 23.4 Å². The first kappa shape index (κ1) is 17.6. The lowest BCUT2D eigenvalue weighted by molar-refractivity contribution is -0.137. The number of hydrogen-bond donors (Lipinski definition) is 1. The van der Waals surface area contributed by atoms with Crippen molar-refractivity contribution in [1.82, 2.24) is 5.32 Å². The van der Waals surface area contributed by atoms with E-state index in [9.17, 15) is 18.0 Å². The molecule has 2 heterocycles. The average molecular weight is 387 g/mol. The Bertz CT molecular complexity index is 903. The van der Waals surface area contributed by atoms with E-state index >= 15 is 0 Å². The fourth-order valence-electron chi connectivity index (χ4n) is 2.06. The first-order valence-corrected chi connectivity index (χ1v) is 8.14. The quantitative estimate of drug-likeness (QED) is 0.726. The molecule has 1 fully saturated rings. The fourth-order valence-corrected chi connectivity index (χ4v) is 3.10. The first-order chi connectivity index (χ1) is 11.7. The van der Waals surface area contributed by atoms with Gasteiger partial charge in [0.2, 0.25) is 0 Å². The van der Waals surface area contributed by atoms with Crippen molar-refractivity contribution in [2.24, 2.45) is 4.99 Å². The van der Waals surface area contributed by atoms with E-state index in [1.807, 2.05) is 0 Å². The van der Waals surface area contributed by atoms with Gasteiger partial charge in [-0.25, -0.2) is 4.99 Å². The van der Waals surface area contributed by atoms with Crippen molar-refractivity contribution in [3.8, 4) is 0 Å². The van der Waals surface area contributed by atoms with Gasteiger partial charge in [-0.3, -0.25) is 4.79 Å². The number of nitrogens with zero attached hydrogens (tertiary/aromatic N) is 1. The highest BCUT2D eigenvalue weighted by molar-refractivity contribution is 8.18. The normalized spacial score (nSPS) is 18.2. The summed E-state index contributed by atoms with van der Waals surface area (Å²) in [5, 5.41) is 2.27. The van der Waals surface area contributed by atoms with Crippen molar-refractivity contribution in [1.29, 1.82) is 0 Å².